The highest BCUT2D eigenvalue weighted by Gasteiger charge is 2.12. The molecule has 0 spiro atoms. The summed E-state index contributed by atoms with van der Waals surface area (Å²) in [7, 11) is 0. The Hall–Kier alpha value is -3.13. The molecule has 0 aliphatic carbocycles. The largest absolute Gasteiger partial charge is 0.411 e. The van der Waals surface area contributed by atoms with Crippen LogP contribution in [-0.2, 0) is 4.79 Å². The molecule has 0 aliphatic heterocycles. The van der Waals surface area contributed by atoms with Gasteiger partial charge >= 0.3 is 0 Å². The van der Waals surface area contributed by atoms with Crippen molar-refractivity contribution in [2.75, 3.05) is 11.1 Å². The number of carbonyl (C=O) groups excluding carboxylic acids is 2. The first-order valence-corrected chi connectivity index (χ1v) is 9.14. The van der Waals surface area contributed by atoms with E-state index in [2.05, 4.69) is 15.5 Å². The minimum absolute atomic E-state index is 0.117. The highest BCUT2D eigenvalue weighted by atomic mass is 32.2. The quantitative estimate of drug-likeness (QED) is 0.634. The predicted octanol–water partition coefficient (Wildman–Crippen LogP) is 3.18. The van der Waals surface area contributed by atoms with Gasteiger partial charge in [-0.15, -0.1) is 10.2 Å². The normalized spacial score (nSPS) is 10.6. The van der Waals surface area contributed by atoms with Crippen LogP contribution < -0.4 is 11.1 Å². The highest BCUT2D eigenvalue weighted by Crippen LogP contribution is 2.25. The molecule has 1 aromatic heterocycles. The number of amides is 2. The summed E-state index contributed by atoms with van der Waals surface area (Å²) in [5.41, 5.74) is 9.31. The monoisotopic (exact) mass is 382 g/mol. The van der Waals surface area contributed by atoms with E-state index in [1.54, 1.807) is 24.3 Å². The van der Waals surface area contributed by atoms with Gasteiger partial charge in [0.2, 0.25) is 17.7 Å². The SMILES string of the molecule is Cc1ccc(-c2nnc(SCC(=O)Nc3ccc(C(N)=O)cc3)o2)cc1C. The van der Waals surface area contributed by atoms with Crippen LogP contribution in [0.2, 0.25) is 0 Å². The van der Waals surface area contributed by atoms with Gasteiger partial charge in [-0.1, -0.05) is 17.8 Å². The Balaban J connectivity index is 1.57. The van der Waals surface area contributed by atoms with Crippen molar-refractivity contribution in [2.45, 2.75) is 19.1 Å². The molecule has 0 unspecified atom stereocenters. The number of nitrogens with two attached hydrogens (primary N) is 1. The molecule has 3 aromatic rings. The van der Waals surface area contributed by atoms with Gasteiger partial charge in [-0.3, -0.25) is 9.59 Å². The molecule has 8 heteroatoms. The number of aryl methyl sites for hydroxylation is 2. The van der Waals surface area contributed by atoms with Gasteiger partial charge in [0, 0.05) is 16.8 Å². The molecule has 0 saturated heterocycles. The third kappa shape index (κ3) is 4.73. The molecule has 0 aliphatic rings. The highest BCUT2D eigenvalue weighted by molar-refractivity contribution is 7.99. The lowest BCUT2D eigenvalue weighted by atomic mass is 10.1. The first-order valence-electron chi connectivity index (χ1n) is 8.16. The van der Waals surface area contributed by atoms with Crippen molar-refractivity contribution in [3.8, 4) is 11.5 Å². The van der Waals surface area contributed by atoms with Gasteiger partial charge in [-0.2, -0.15) is 0 Å². The fourth-order valence-corrected chi connectivity index (χ4v) is 2.86. The maximum atomic E-state index is 12.1. The van der Waals surface area contributed by atoms with Gasteiger partial charge in [-0.05, 0) is 61.4 Å². The summed E-state index contributed by atoms with van der Waals surface area (Å²) in [6.07, 6.45) is 0. The average molecular weight is 382 g/mol. The molecule has 0 atom stereocenters. The van der Waals surface area contributed by atoms with Crippen LogP contribution in [0.3, 0.4) is 0 Å². The Morgan fingerprint density at radius 1 is 1.07 bits per heavy atom. The summed E-state index contributed by atoms with van der Waals surface area (Å²) in [5.74, 6) is -0.202. The summed E-state index contributed by atoms with van der Waals surface area (Å²) in [6, 6.07) is 12.3. The molecule has 27 heavy (non-hydrogen) atoms. The van der Waals surface area contributed by atoms with Crippen molar-refractivity contribution in [1.29, 1.82) is 0 Å². The number of hydrogen-bond acceptors (Lipinski definition) is 6. The molecular weight excluding hydrogens is 364 g/mol. The van der Waals surface area contributed by atoms with Gasteiger partial charge < -0.3 is 15.5 Å². The molecule has 2 aromatic carbocycles. The van der Waals surface area contributed by atoms with Crippen molar-refractivity contribution >= 4 is 29.3 Å². The molecule has 2 amide bonds. The van der Waals surface area contributed by atoms with Gasteiger partial charge in [0.25, 0.3) is 5.22 Å². The number of primary amides is 1. The smallest absolute Gasteiger partial charge is 0.277 e. The molecule has 0 radical (unpaired) electrons. The van der Waals surface area contributed by atoms with E-state index < -0.39 is 5.91 Å². The Bertz CT molecular complexity index is 983. The second kappa shape index (κ2) is 8.05. The van der Waals surface area contributed by atoms with E-state index in [-0.39, 0.29) is 11.7 Å². The molecule has 0 bridgehead atoms. The van der Waals surface area contributed by atoms with E-state index in [0.717, 1.165) is 22.9 Å². The molecule has 3 N–H and O–H groups in total. The average Bonchev–Trinajstić information content (AvgIpc) is 3.12. The van der Waals surface area contributed by atoms with Crippen LogP contribution in [0.15, 0.2) is 52.1 Å². The number of hydrogen-bond donors (Lipinski definition) is 2. The minimum Gasteiger partial charge on any atom is -0.411 e. The van der Waals surface area contributed by atoms with Crippen molar-refractivity contribution in [2.24, 2.45) is 5.73 Å². The number of nitrogens with zero attached hydrogens (tertiary/aromatic N) is 2. The third-order valence-electron chi connectivity index (χ3n) is 3.94. The van der Waals surface area contributed by atoms with Gasteiger partial charge in [0.1, 0.15) is 0 Å². The Labute approximate surface area is 160 Å². The summed E-state index contributed by atoms with van der Waals surface area (Å²) >= 11 is 1.15. The zero-order chi connectivity index (χ0) is 19.4. The van der Waals surface area contributed by atoms with Crippen LogP contribution in [0.5, 0.6) is 0 Å². The summed E-state index contributed by atoms with van der Waals surface area (Å²) in [4.78, 5) is 23.1. The van der Waals surface area contributed by atoms with E-state index in [4.69, 9.17) is 10.2 Å². The first kappa shape index (κ1) is 18.7. The summed E-state index contributed by atoms with van der Waals surface area (Å²) in [5, 5.41) is 11.1. The number of anilines is 1. The standard InChI is InChI=1S/C19H18N4O3S/c1-11-3-4-14(9-12(11)2)18-22-23-19(26-18)27-10-16(24)21-15-7-5-13(6-8-15)17(20)25/h3-9H,10H2,1-2H3,(H2,20,25)(H,21,24). The van der Waals surface area contributed by atoms with Crippen molar-refractivity contribution in [1.82, 2.24) is 10.2 Å². The van der Waals surface area contributed by atoms with Crippen LogP contribution in [0.1, 0.15) is 21.5 Å². The number of benzene rings is 2. The topological polar surface area (TPSA) is 111 Å². The molecule has 138 valence electrons. The number of thioether (sulfide) groups is 1. The van der Waals surface area contributed by atoms with Gasteiger partial charge in [0.05, 0.1) is 5.75 Å². The third-order valence-corrected chi connectivity index (χ3v) is 4.76. The molecule has 7 nitrogen and oxygen atoms in total. The lowest BCUT2D eigenvalue weighted by Crippen LogP contribution is -2.15. The summed E-state index contributed by atoms with van der Waals surface area (Å²) in [6.45, 7) is 4.05. The molecule has 0 fully saturated rings. The van der Waals surface area contributed by atoms with E-state index >= 15 is 0 Å². The van der Waals surface area contributed by atoms with E-state index in [1.165, 1.54) is 5.56 Å². The van der Waals surface area contributed by atoms with E-state index in [0.29, 0.717) is 22.4 Å². The molecular formula is C19H18N4O3S. The first-order chi connectivity index (χ1) is 12.9. The second-order valence-electron chi connectivity index (χ2n) is 5.95. The zero-order valence-corrected chi connectivity index (χ0v) is 15.7. The van der Waals surface area contributed by atoms with Crippen LogP contribution in [-0.4, -0.2) is 27.8 Å². The number of aromatic nitrogens is 2. The van der Waals surface area contributed by atoms with Crippen LogP contribution in [0.25, 0.3) is 11.5 Å². The Morgan fingerprint density at radius 2 is 1.81 bits per heavy atom. The molecule has 1 heterocycles. The predicted molar refractivity (Wildman–Crippen MR) is 104 cm³/mol. The number of carbonyl (C=O) groups is 2. The van der Waals surface area contributed by atoms with Crippen molar-refractivity contribution in [3.63, 3.8) is 0 Å². The maximum Gasteiger partial charge on any atom is 0.277 e. The Kier molecular flexibility index (Phi) is 5.56. The van der Waals surface area contributed by atoms with Gasteiger partial charge in [-0.25, -0.2) is 0 Å². The Morgan fingerprint density at radius 3 is 2.48 bits per heavy atom. The van der Waals surface area contributed by atoms with Crippen LogP contribution >= 0.6 is 11.8 Å². The fraction of sp³-hybridized carbons (Fsp3) is 0.158. The summed E-state index contributed by atoms with van der Waals surface area (Å²) < 4.78 is 5.62. The van der Waals surface area contributed by atoms with Crippen molar-refractivity contribution in [3.05, 3.63) is 59.2 Å². The number of nitrogens with one attached hydrogen (secondary N) is 1. The minimum atomic E-state index is -0.514. The number of rotatable bonds is 6. The zero-order valence-electron chi connectivity index (χ0n) is 14.9. The van der Waals surface area contributed by atoms with E-state index in [9.17, 15) is 9.59 Å². The van der Waals surface area contributed by atoms with Gasteiger partial charge in [0.15, 0.2) is 0 Å². The van der Waals surface area contributed by atoms with Crippen LogP contribution in [0.4, 0.5) is 5.69 Å². The second-order valence-corrected chi connectivity index (χ2v) is 6.88. The molecule has 3 rings (SSSR count). The van der Waals surface area contributed by atoms with Crippen LogP contribution in [0, 0.1) is 13.8 Å². The van der Waals surface area contributed by atoms with Crippen molar-refractivity contribution < 1.29 is 14.0 Å². The maximum absolute atomic E-state index is 12.1. The fourth-order valence-electron chi connectivity index (χ4n) is 2.30. The lowest BCUT2D eigenvalue weighted by molar-refractivity contribution is -0.113. The lowest BCUT2D eigenvalue weighted by Gasteiger charge is -2.04. The molecule has 0 saturated carbocycles. The van der Waals surface area contributed by atoms with E-state index in [1.807, 2.05) is 32.0 Å².